The SMILES string of the molecule is CCCC1CCC(C2CCC(=O)OC2)CC1.CCCC1CCC(C2CCC(c3ccc(OCC)c(F)c3)OC2)CC1.CCCC1CCC(C2CCC(c3ccc(OCC)c(F)c3OC)OC2)CC1.CCCC1CCC(C2CC[C@@](O)(c3ccc(OCC)c(F)c3)OC2)CC1.CCOc1ccc(Br)cc1F.ClCCl.[CH2-]CCC.[Li+]. The largest absolute Gasteiger partial charge is 1.00 e. The Morgan fingerprint density at radius 2 is 0.850 bits per heavy atom. The molecule has 8 aliphatic rings. The van der Waals surface area contributed by atoms with E-state index in [1.165, 1.54) is 186 Å². The van der Waals surface area contributed by atoms with E-state index in [-0.39, 0.29) is 71.3 Å². The molecule has 4 aliphatic carbocycles. The van der Waals surface area contributed by atoms with E-state index >= 15 is 0 Å². The van der Waals surface area contributed by atoms with Crippen LogP contribution in [0.5, 0.6) is 28.7 Å². The predicted molar refractivity (Wildman–Crippen MR) is 452 cm³/mol. The molecule has 4 heterocycles. The summed E-state index contributed by atoms with van der Waals surface area (Å²) in [5.74, 6) is 8.06. The number of hydrogen-bond donors (Lipinski definition) is 1. The fourth-order valence-electron chi connectivity index (χ4n) is 18.7. The standard InChI is InChI=1S/C23H35FO3.C22H33FO3.C22H33FO2.C14H24O2.C8H8BrFO.C4H9.CH2Cl2.Li/c1-4-6-16-7-9-17(10-8-16)18-11-13-20(27-15-18)19-12-14-21(26-5-2)22(24)23(19)25-3;1-3-5-16-6-8-17(9-7-16)18-12-13-22(24,26-15-18)19-10-11-21(25-4-2)20(23)14-19;1-3-5-16-6-8-17(9-7-16)19-11-12-21(25-15-19)18-10-13-22(24-4-2)20(23)14-18;1-2-3-11-4-6-12(7-5-11)13-8-9-14(15)16-10-13;1-2-11-8-4-3-6(9)5-7(8)10;1-3-4-2;2-1-3;/h12,14,16-18,20H,4-11,13,15H2,1-3H3;10-11,14,16-18,24H,3-9,12-13,15H2,1-2H3;10,13-14,16-17,19,21H,3-9,11-12,15H2,1-2H3;11-13H,2-10H2,1H3;3-5H,2H2,1H3;1,3-4H2,2H3;1H2;/q;;;;;-1;;+1/t;16?,17?,18?,22-;;;;;;/m.0....../s1. The molecule has 4 aliphatic heterocycles. The van der Waals surface area contributed by atoms with Crippen LogP contribution >= 0.6 is 39.1 Å². The van der Waals surface area contributed by atoms with Gasteiger partial charge >= 0.3 is 24.8 Å². The molecule has 0 radical (unpaired) electrons. The Bertz CT molecular complexity index is 3160. The van der Waals surface area contributed by atoms with Gasteiger partial charge in [-0.25, -0.2) is 13.2 Å². The van der Waals surface area contributed by atoms with Crippen molar-refractivity contribution in [3.05, 3.63) is 118 Å². The van der Waals surface area contributed by atoms with Crippen LogP contribution in [0, 0.1) is 101 Å². The molecule has 4 aromatic carbocycles. The Kier molecular flexibility index (Phi) is 49.8. The maximum atomic E-state index is 14.6. The molecule has 12 rings (SSSR count). The average Bonchev–Trinajstić information content (AvgIpc) is 0.790. The van der Waals surface area contributed by atoms with Gasteiger partial charge in [-0.2, -0.15) is 10.8 Å². The second-order valence-electron chi connectivity index (χ2n) is 32.6. The Morgan fingerprint density at radius 1 is 0.469 bits per heavy atom. The van der Waals surface area contributed by atoms with Gasteiger partial charge in [0.1, 0.15) is 0 Å². The maximum absolute atomic E-state index is 14.6. The summed E-state index contributed by atoms with van der Waals surface area (Å²) in [5.41, 5.74) is 2.25. The number of carbonyl (C=O) groups is 1. The summed E-state index contributed by atoms with van der Waals surface area (Å²) in [7, 11) is 1.51. The number of methoxy groups -OCH3 is 1. The molecule has 0 bridgehead atoms. The van der Waals surface area contributed by atoms with Crippen molar-refractivity contribution in [1.82, 2.24) is 0 Å². The third-order valence-electron chi connectivity index (χ3n) is 25.0. The maximum Gasteiger partial charge on any atom is 1.00 e. The minimum Gasteiger partial charge on any atom is -0.493 e. The van der Waals surface area contributed by atoms with E-state index in [1.807, 2.05) is 39.8 Å². The van der Waals surface area contributed by atoms with Gasteiger partial charge in [-0.15, -0.1) is 23.2 Å². The smallest absolute Gasteiger partial charge is 0.493 e. The van der Waals surface area contributed by atoms with Crippen LogP contribution in [0.4, 0.5) is 17.6 Å². The monoisotopic (exact) mass is 1680 g/mol. The minimum absolute atomic E-state index is 0. The van der Waals surface area contributed by atoms with Gasteiger partial charge < -0.3 is 54.7 Å². The van der Waals surface area contributed by atoms with E-state index < -0.39 is 17.4 Å². The number of hydrogen-bond acceptors (Lipinski definition) is 11. The van der Waals surface area contributed by atoms with Gasteiger partial charge in [0.25, 0.3) is 0 Å². The van der Waals surface area contributed by atoms with Crippen LogP contribution in [-0.4, -0.2) is 76.4 Å². The number of cyclic esters (lactones) is 1. The van der Waals surface area contributed by atoms with Gasteiger partial charge in [0.2, 0.25) is 5.82 Å². The van der Waals surface area contributed by atoms with Gasteiger partial charge in [0, 0.05) is 28.4 Å². The molecule has 7 atom stereocenters. The predicted octanol–water partition coefficient (Wildman–Crippen LogP) is 24.6. The van der Waals surface area contributed by atoms with E-state index in [2.05, 4.69) is 57.5 Å². The first-order valence-corrected chi connectivity index (χ1v) is 45.7. The molecule has 1 N–H and O–H groups in total. The summed E-state index contributed by atoms with van der Waals surface area (Å²) < 4.78 is 106. The Morgan fingerprint density at radius 3 is 1.20 bits per heavy atom. The molecule has 8 fully saturated rings. The summed E-state index contributed by atoms with van der Waals surface area (Å²) in [6.07, 6.45) is 42.4. The zero-order valence-electron chi connectivity index (χ0n) is 71.2. The van der Waals surface area contributed by atoms with Gasteiger partial charge in [0.15, 0.2) is 52.0 Å². The molecule has 113 heavy (non-hydrogen) atoms. The van der Waals surface area contributed by atoms with E-state index in [0.717, 1.165) is 109 Å². The van der Waals surface area contributed by atoms with Crippen molar-refractivity contribution in [2.24, 2.45) is 71.0 Å². The number of alkyl halides is 2. The first kappa shape index (κ1) is 100. The summed E-state index contributed by atoms with van der Waals surface area (Å²) in [4.78, 5) is 11.0. The first-order valence-electron chi connectivity index (χ1n) is 43.9. The quantitative estimate of drug-likeness (QED) is 0.0224. The zero-order chi connectivity index (χ0) is 81.2. The zero-order valence-corrected chi connectivity index (χ0v) is 74.3. The Balaban J connectivity index is 0.000000252. The fraction of sp³-hybridized carbons (Fsp3) is 0.723. The van der Waals surface area contributed by atoms with Crippen molar-refractivity contribution in [2.45, 2.75) is 299 Å². The van der Waals surface area contributed by atoms with E-state index in [1.54, 1.807) is 42.5 Å². The van der Waals surface area contributed by atoms with Crippen molar-refractivity contribution >= 4 is 45.1 Å². The molecule has 0 spiro atoms. The third-order valence-corrected chi connectivity index (χ3v) is 25.5. The molecule has 4 aromatic rings. The number of aliphatic hydroxyl groups is 1. The van der Waals surface area contributed by atoms with Gasteiger partial charge in [-0.1, -0.05) is 166 Å². The summed E-state index contributed by atoms with van der Waals surface area (Å²) in [6.45, 7) is 26.9. The molecule has 11 nitrogen and oxygen atoms in total. The number of unbranched alkanes of at least 4 members (excludes halogenated alkanes) is 1. The first-order chi connectivity index (χ1) is 54.3. The third kappa shape index (κ3) is 33.6. The van der Waals surface area contributed by atoms with Crippen molar-refractivity contribution in [2.75, 3.05) is 65.3 Å². The Hall–Kier alpha value is -3.43. The molecule has 6 unspecified atom stereocenters. The van der Waals surface area contributed by atoms with Crippen molar-refractivity contribution in [1.29, 1.82) is 0 Å². The number of carbonyl (C=O) groups excluding carboxylic acids is 1. The van der Waals surface area contributed by atoms with Crippen molar-refractivity contribution in [3.63, 3.8) is 0 Å². The molecule has 4 saturated carbocycles. The number of rotatable bonds is 25. The molecule has 636 valence electrons. The topological polar surface area (TPSA) is 120 Å². The second-order valence-corrected chi connectivity index (χ2v) is 34.3. The molecule has 4 saturated heterocycles. The fourth-order valence-corrected chi connectivity index (χ4v) is 19.0. The number of esters is 1. The van der Waals surface area contributed by atoms with E-state index in [9.17, 15) is 27.5 Å². The van der Waals surface area contributed by atoms with Gasteiger partial charge in [-0.3, -0.25) is 4.79 Å². The van der Waals surface area contributed by atoms with Crippen LogP contribution in [0.3, 0.4) is 0 Å². The molecular formula is C94H144BrCl2F4LiO11. The van der Waals surface area contributed by atoms with Crippen LogP contribution < -0.4 is 42.5 Å². The van der Waals surface area contributed by atoms with E-state index in [0.29, 0.717) is 99.1 Å². The minimum atomic E-state index is -1.37. The Labute approximate surface area is 711 Å². The van der Waals surface area contributed by atoms with Crippen LogP contribution in [0.2, 0.25) is 0 Å². The van der Waals surface area contributed by atoms with Crippen molar-refractivity contribution in [3.8, 4) is 28.7 Å². The normalized spacial score (nSPS) is 27.4. The number of halogens is 7. The van der Waals surface area contributed by atoms with Crippen LogP contribution in [0.25, 0.3) is 0 Å². The van der Waals surface area contributed by atoms with Gasteiger partial charge in [0.05, 0.1) is 77.5 Å². The number of benzene rings is 4. The molecule has 0 amide bonds. The molecular weight excluding hydrogens is 1540 g/mol. The van der Waals surface area contributed by atoms with Crippen molar-refractivity contribution < 1.29 is 89.0 Å². The van der Waals surface area contributed by atoms with Crippen LogP contribution in [0.1, 0.15) is 310 Å². The molecule has 19 heteroatoms. The summed E-state index contributed by atoms with van der Waals surface area (Å²) in [5, 5.41) is 11.1. The second kappa shape index (κ2) is 56.2. The van der Waals surface area contributed by atoms with E-state index in [4.69, 9.17) is 65.8 Å². The van der Waals surface area contributed by atoms with Crippen LogP contribution in [-0.2, 0) is 29.5 Å². The van der Waals surface area contributed by atoms with Crippen LogP contribution in [0.15, 0.2) is 71.2 Å². The van der Waals surface area contributed by atoms with Gasteiger partial charge in [-0.05, 0) is 255 Å². The summed E-state index contributed by atoms with van der Waals surface area (Å²) >= 11 is 12.7. The average molecular weight is 1680 g/mol. The summed E-state index contributed by atoms with van der Waals surface area (Å²) in [6, 6.07) is 18.2. The number of ether oxygens (including phenoxy) is 9. The molecule has 0 aromatic heterocycles.